The topological polar surface area (TPSA) is 109 Å². The molecular weight excluding hydrogens is 570 g/mol. The lowest BCUT2D eigenvalue weighted by atomic mass is 9.86. The number of amides is 3. The zero-order valence-electron chi connectivity index (χ0n) is 27.2. The summed E-state index contributed by atoms with van der Waals surface area (Å²) in [5, 5.41) is 10.4. The Hall–Kier alpha value is -4.40. The molecule has 9 heteroatoms. The molecule has 0 unspecified atom stereocenters. The van der Waals surface area contributed by atoms with Crippen LogP contribution in [0.25, 0.3) is 0 Å². The van der Waals surface area contributed by atoms with Crippen LogP contribution in [0.4, 0.5) is 9.59 Å². The minimum atomic E-state index is -0.814. The number of nitrogens with zero attached hydrogens (tertiary/aromatic N) is 3. The Morgan fingerprint density at radius 2 is 1.44 bits per heavy atom. The maximum atomic E-state index is 13.5. The molecule has 1 aromatic heterocycles. The molecule has 0 bridgehead atoms. The van der Waals surface area contributed by atoms with Gasteiger partial charge < -0.3 is 19.5 Å². The number of aryl methyl sites for hydroxylation is 2. The molecule has 2 aromatic carbocycles. The van der Waals surface area contributed by atoms with Gasteiger partial charge in [-0.2, -0.15) is 0 Å². The van der Waals surface area contributed by atoms with Crippen LogP contribution in [0.5, 0.6) is 5.75 Å². The molecule has 3 amide bonds. The van der Waals surface area contributed by atoms with Crippen molar-refractivity contribution in [3.05, 3.63) is 94.8 Å². The maximum Gasteiger partial charge on any atom is 0.420 e. The number of aromatic hydroxyl groups is 1. The fourth-order valence-electron chi connectivity index (χ4n) is 5.37. The highest BCUT2D eigenvalue weighted by Gasteiger charge is 2.33. The molecule has 3 aromatic rings. The SMILES string of the molecule is CC(C)(C)OC(=O)N(Cc1ccc(O)cc1C1CCN(C(=O)c2cncc(CCc3ccccc3)c2)CC1)C(=O)OC(C)(C)C. The first kappa shape index (κ1) is 33.5. The number of phenolic OH excluding ortho intramolecular Hbond substituents is 1. The standard InChI is InChI=1S/C36H45N3O6/c1-35(2,3)44-33(42)39(34(43)45-36(4,5)6)24-28-14-15-30(40)21-31(28)27-16-18-38(19-17-27)32(41)29-20-26(22-37-23-29)13-12-25-10-8-7-9-11-25/h7-11,14-15,20-23,27,40H,12-13,16-19,24H2,1-6H3. The molecule has 1 aliphatic heterocycles. The van der Waals surface area contributed by atoms with E-state index in [1.54, 1.807) is 59.9 Å². The predicted octanol–water partition coefficient (Wildman–Crippen LogP) is 7.26. The van der Waals surface area contributed by atoms with E-state index in [9.17, 15) is 19.5 Å². The molecular formula is C36H45N3O6. The van der Waals surface area contributed by atoms with Crippen molar-refractivity contribution in [2.24, 2.45) is 0 Å². The number of piperidine rings is 1. The summed E-state index contributed by atoms with van der Waals surface area (Å²) in [6, 6.07) is 17.1. The molecule has 240 valence electrons. The largest absolute Gasteiger partial charge is 0.508 e. The van der Waals surface area contributed by atoms with Gasteiger partial charge in [0.05, 0.1) is 12.1 Å². The van der Waals surface area contributed by atoms with E-state index >= 15 is 0 Å². The highest BCUT2D eigenvalue weighted by molar-refractivity contribution is 5.94. The van der Waals surface area contributed by atoms with Gasteiger partial charge in [0.2, 0.25) is 0 Å². The van der Waals surface area contributed by atoms with Crippen LogP contribution in [0, 0.1) is 0 Å². The number of likely N-dealkylation sites (tertiary alicyclic amines) is 1. The van der Waals surface area contributed by atoms with Gasteiger partial charge in [-0.1, -0.05) is 36.4 Å². The monoisotopic (exact) mass is 615 g/mol. The van der Waals surface area contributed by atoms with Crippen molar-refractivity contribution in [3.8, 4) is 5.75 Å². The van der Waals surface area contributed by atoms with Gasteiger partial charge >= 0.3 is 12.2 Å². The van der Waals surface area contributed by atoms with Crippen LogP contribution in [0.3, 0.4) is 0 Å². The molecule has 2 heterocycles. The molecule has 4 rings (SSSR count). The number of phenols is 1. The van der Waals surface area contributed by atoms with Crippen LogP contribution in [0.15, 0.2) is 67.0 Å². The van der Waals surface area contributed by atoms with E-state index in [2.05, 4.69) is 17.1 Å². The van der Waals surface area contributed by atoms with E-state index < -0.39 is 23.4 Å². The minimum absolute atomic E-state index is 0.00519. The number of ether oxygens (including phenoxy) is 2. The molecule has 9 nitrogen and oxygen atoms in total. The van der Waals surface area contributed by atoms with E-state index in [1.807, 2.05) is 35.4 Å². The molecule has 0 spiro atoms. The second kappa shape index (κ2) is 14.1. The van der Waals surface area contributed by atoms with E-state index in [0.29, 0.717) is 37.1 Å². The third kappa shape index (κ3) is 9.80. The molecule has 1 N–H and O–H groups in total. The number of hydrogen-bond acceptors (Lipinski definition) is 7. The fourth-order valence-corrected chi connectivity index (χ4v) is 5.37. The number of aromatic nitrogens is 1. The summed E-state index contributed by atoms with van der Waals surface area (Å²) in [4.78, 5) is 46.9. The summed E-state index contributed by atoms with van der Waals surface area (Å²) in [5.41, 5.74) is 2.72. The van der Waals surface area contributed by atoms with Crippen LogP contribution in [0.1, 0.15) is 92.9 Å². The van der Waals surface area contributed by atoms with Crippen molar-refractivity contribution in [2.75, 3.05) is 13.1 Å². The van der Waals surface area contributed by atoms with Gasteiger partial charge in [0, 0.05) is 25.5 Å². The van der Waals surface area contributed by atoms with Crippen LogP contribution >= 0.6 is 0 Å². The Bertz CT molecular complexity index is 1460. The Kier molecular flexibility index (Phi) is 10.5. The van der Waals surface area contributed by atoms with E-state index in [1.165, 1.54) is 11.6 Å². The summed E-state index contributed by atoms with van der Waals surface area (Å²) < 4.78 is 11.1. The van der Waals surface area contributed by atoms with Gasteiger partial charge in [0.1, 0.15) is 17.0 Å². The highest BCUT2D eigenvalue weighted by atomic mass is 16.6. The average Bonchev–Trinajstić information content (AvgIpc) is 2.98. The Labute approximate surface area is 266 Å². The van der Waals surface area contributed by atoms with Crippen molar-refractivity contribution < 1.29 is 29.0 Å². The highest BCUT2D eigenvalue weighted by Crippen LogP contribution is 2.34. The number of pyridine rings is 1. The van der Waals surface area contributed by atoms with Gasteiger partial charge in [0.15, 0.2) is 0 Å². The summed E-state index contributed by atoms with van der Waals surface area (Å²) in [6.07, 6.45) is 4.79. The second-order valence-corrected chi connectivity index (χ2v) is 13.6. The molecule has 0 saturated carbocycles. The van der Waals surface area contributed by atoms with Crippen molar-refractivity contribution in [2.45, 2.75) is 90.9 Å². The van der Waals surface area contributed by atoms with Crippen molar-refractivity contribution in [1.29, 1.82) is 0 Å². The molecule has 1 fully saturated rings. The van der Waals surface area contributed by atoms with Gasteiger partial charge in [-0.3, -0.25) is 9.78 Å². The Morgan fingerprint density at radius 3 is 2.04 bits per heavy atom. The first-order valence-corrected chi connectivity index (χ1v) is 15.5. The average molecular weight is 616 g/mol. The Morgan fingerprint density at radius 1 is 0.844 bits per heavy atom. The molecule has 1 saturated heterocycles. The number of carbonyl (C=O) groups is 3. The lowest BCUT2D eigenvalue weighted by Crippen LogP contribution is -2.43. The van der Waals surface area contributed by atoms with E-state index in [-0.39, 0.29) is 24.1 Å². The molecule has 0 aliphatic carbocycles. The first-order valence-electron chi connectivity index (χ1n) is 15.5. The van der Waals surface area contributed by atoms with Crippen LogP contribution < -0.4 is 0 Å². The number of imide groups is 1. The third-order valence-electron chi connectivity index (χ3n) is 7.49. The number of benzene rings is 2. The summed E-state index contributed by atoms with van der Waals surface area (Å²) in [5.74, 6) is 0.0389. The molecule has 45 heavy (non-hydrogen) atoms. The normalized spacial score (nSPS) is 14.1. The summed E-state index contributed by atoms with van der Waals surface area (Å²) in [6.45, 7) is 11.4. The smallest absolute Gasteiger partial charge is 0.420 e. The fraction of sp³-hybridized carbons (Fsp3) is 0.444. The zero-order chi connectivity index (χ0) is 32.8. The lowest BCUT2D eigenvalue weighted by molar-refractivity contribution is -0.000362. The summed E-state index contributed by atoms with van der Waals surface area (Å²) >= 11 is 0. The third-order valence-corrected chi connectivity index (χ3v) is 7.49. The predicted molar refractivity (Wildman–Crippen MR) is 172 cm³/mol. The second-order valence-electron chi connectivity index (χ2n) is 13.6. The molecule has 1 aliphatic rings. The first-order chi connectivity index (χ1) is 21.2. The number of rotatable bonds is 7. The molecule has 0 radical (unpaired) electrons. The van der Waals surface area contributed by atoms with Gasteiger partial charge in [0.25, 0.3) is 5.91 Å². The van der Waals surface area contributed by atoms with Crippen molar-refractivity contribution >= 4 is 18.1 Å². The van der Waals surface area contributed by atoms with E-state index in [0.717, 1.165) is 28.9 Å². The van der Waals surface area contributed by atoms with Crippen LogP contribution in [0.2, 0.25) is 0 Å². The van der Waals surface area contributed by atoms with Crippen molar-refractivity contribution in [1.82, 2.24) is 14.8 Å². The minimum Gasteiger partial charge on any atom is -0.508 e. The number of carbonyl (C=O) groups excluding carboxylic acids is 3. The van der Waals surface area contributed by atoms with Crippen LogP contribution in [-0.4, -0.2) is 62.3 Å². The van der Waals surface area contributed by atoms with Crippen LogP contribution in [-0.2, 0) is 28.9 Å². The van der Waals surface area contributed by atoms with Gasteiger partial charge in [-0.15, -0.1) is 0 Å². The van der Waals surface area contributed by atoms with Gasteiger partial charge in [-0.05, 0) is 114 Å². The Balaban J connectivity index is 1.46. The molecule has 0 atom stereocenters. The summed E-state index contributed by atoms with van der Waals surface area (Å²) in [7, 11) is 0. The van der Waals surface area contributed by atoms with Crippen molar-refractivity contribution in [3.63, 3.8) is 0 Å². The zero-order valence-corrected chi connectivity index (χ0v) is 27.2. The number of hydrogen-bond donors (Lipinski definition) is 1. The maximum absolute atomic E-state index is 13.5. The lowest BCUT2D eigenvalue weighted by Gasteiger charge is -2.34. The van der Waals surface area contributed by atoms with E-state index in [4.69, 9.17) is 9.47 Å². The van der Waals surface area contributed by atoms with Gasteiger partial charge in [-0.25, -0.2) is 14.5 Å². The quantitative estimate of drug-likeness (QED) is 0.298.